The first kappa shape index (κ1) is 11.7. The number of amides is 1. The summed E-state index contributed by atoms with van der Waals surface area (Å²) in [4.78, 5) is 11.6. The van der Waals surface area contributed by atoms with Crippen molar-refractivity contribution in [3.8, 4) is 0 Å². The molecule has 3 rings (SSSR count). The predicted molar refractivity (Wildman–Crippen MR) is 74.5 cm³/mol. The van der Waals surface area contributed by atoms with E-state index in [4.69, 9.17) is 5.73 Å². The van der Waals surface area contributed by atoms with Crippen LogP contribution in [0.2, 0.25) is 0 Å². The standard InChI is InChI=1S/C14H16N2OS/c15-14(17)13(16-7-9-5-6-9)11-8-18-12-4-2-1-3-10(11)12/h1-4,8-9,13,16H,5-7H2,(H2,15,17). The Morgan fingerprint density at radius 2 is 2.22 bits per heavy atom. The largest absolute Gasteiger partial charge is 0.368 e. The maximum Gasteiger partial charge on any atom is 0.239 e. The van der Waals surface area contributed by atoms with Gasteiger partial charge in [0.15, 0.2) is 0 Å². The maximum absolute atomic E-state index is 11.6. The van der Waals surface area contributed by atoms with E-state index in [1.165, 1.54) is 17.5 Å². The molecule has 0 aliphatic heterocycles. The van der Waals surface area contributed by atoms with Gasteiger partial charge in [0, 0.05) is 4.70 Å². The zero-order valence-electron chi connectivity index (χ0n) is 10.1. The molecule has 18 heavy (non-hydrogen) atoms. The van der Waals surface area contributed by atoms with Crippen molar-refractivity contribution in [1.82, 2.24) is 5.32 Å². The Kier molecular flexibility index (Phi) is 3.06. The molecule has 1 saturated carbocycles. The van der Waals surface area contributed by atoms with Gasteiger partial charge in [0.2, 0.25) is 5.91 Å². The third-order valence-corrected chi connectivity index (χ3v) is 4.40. The molecule has 1 heterocycles. The van der Waals surface area contributed by atoms with Crippen LogP contribution in [-0.4, -0.2) is 12.5 Å². The molecule has 1 aliphatic carbocycles. The number of benzene rings is 1. The van der Waals surface area contributed by atoms with Crippen LogP contribution in [-0.2, 0) is 4.79 Å². The molecule has 1 atom stereocenters. The molecule has 0 bridgehead atoms. The van der Waals surface area contributed by atoms with Gasteiger partial charge in [-0.25, -0.2) is 0 Å². The van der Waals surface area contributed by atoms with E-state index in [1.54, 1.807) is 11.3 Å². The molecule has 94 valence electrons. The molecule has 1 unspecified atom stereocenters. The predicted octanol–water partition coefficient (Wildman–Crippen LogP) is 2.43. The van der Waals surface area contributed by atoms with Crippen molar-refractivity contribution in [2.45, 2.75) is 18.9 Å². The summed E-state index contributed by atoms with van der Waals surface area (Å²) >= 11 is 1.66. The number of thiophene rings is 1. The average Bonchev–Trinajstić information content (AvgIpc) is 3.09. The SMILES string of the molecule is NC(=O)C(NCC1CC1)c1csc2ccccc12. The molecule has 1 amide bonds. The number of nitrogens with one attached hydrogen (secondary N) is 1. The van der Waals surface area contributed by atoms with Gasteiger partial charge >= 0.3 is 0 Å². The molecule has 1 aromatic heterocycles. The molecule has 0 radical (unpaired) electrons. The minimum Gasteiger partial charge on any atom is -0.368 e. The van der Waals surface area contributed by atoms with Gasteiger partial charge in [-0.2, -0.15) is 0 Å². The molecule has 1 fully saturated rings. The fourth-order valence-corrected chi connectivity index (χ4v) is 3.18. The third kappa shape index (κ3) is 2.26. The number of nitrogens with two attached hydrogens (primary N) is 1. The molecule has 1 aliphatic rings. The monoisotopic (exact) mass is 260 g/mol. The highest BCUT2D eigenvalue weighted by molar-refractivity contribution is 7.17. The zero-order chi connectivity index (χ0) is 12.5. The van der Waals surface area contributed by atoms with Gasteiger partial charge in [-0.1, -0.05) is 18.2 Å². The van der Waals surface area contributed by atoms with Gasteiger partial charge in [-0.05, 0) is 47.7 Å². The summed E-state index contributed by atoms with van der Waals surface area (Å²) in [6.45, 7) is 0.887. The van der Waals surface area contributed by atoms with E-state index in [0.29, 0.717) is 0 Å². The Morgan fingerprint density at radius 3 is 2.94 bits per heavy atom. The summed E-state index contributed by atoms with van der Waals surface area (Å²) in [5, 5.41) is 6.48. The first-order valence-corrected chi connectivity index (χ1v) is 7.12. The molecular weight excluding hydrogens is 244 g/mol. The third-order valence-electron chi connectivity index (χ3n) is 3.41. The second kappa shape index (κ2) is 4.71. The van der Waals surface area contributed by atoms with Crippen LogP contribution in [0.4, 0.5) is 0 Å². The summed E-state index contributed by atoms with van der Waals surface area (Å²) in [7, 11) is 0. The Balaban J connectivity index is 1.90. The number of hydrogen-bond donors (Lipinski definition) is 2. The average molecular weight is 260 g/mol. The molecule has 0 saturated heterocycles. The second-order valence-corrected chi connectivity index (χ2v) is 5.79. The van der Waals surface area contributed by atoms with Crippen LogP contribution in [0.25, 0.3) is 10.1 Å². The quantitative estimate of drug-likeness (QED) is 0.867. The van der Waals surface area contributed by atoms with Crippen LogP contribution in [0.5, 0.6) is 0 Å². The lowest BCUT2D eigenvalue weighted by atomic mass is 10.1. The molecule has 3 N–H and O–H groups in total. The molecule has 1 aromatic carbocycles. The van der Waals surface area contributed by atoms with E-state index < -0.39 is 0 Å². The number of carbonyl (C=O) groups excluding carboxylic acids is 1. The number of carbonyl (C=O) groups is 1. The van der Waals surface area contributed by atoms with Crippen LogP contribution in [0, 0.1) is 5.92 Å². The fraction of sp³-hybridized carbons (Fsp3) is 0.357. The molecule has 4 heteroatoms. The number of primary amides is 1. The smallest absolute Gasteiger partial charge is 0.239 e. The Morgan fingerprint density at radius 1 is 1.44 bits per heavy atom. The Labute approximate surface area is 110 Å². The zero-order valence-corrected chi connectivity index (χ0v) is 10.9. The minimum absolute atomic E-state index is 0.292. The Bertz CT molecular complexity index is 574. The van der Waals surface area contributed by atoms with Crippen molar-refractivity contribution >= 4 is 27.3 Å². The van der Waals surface area contributed by atoms with Crippen LogP contribution >= 0.6 is 11.3 Å². The summed E-state index contributed by atoms with van der Waals surface area (Å²) in [5.41, 5.74) is 6.55. The van der Waals surface area contributed by atoms with Crippen molar-refractivity contribution in [2.75, 3.05) is 6.54 Å². The van der Waals surface area contributed by atoms with E-state index in [9.17, 15) is 4.79 Å². The highest BCUT2D eigenvalue weighted by atomic mass is 32.1. The van der Waals surface area contributed by atoms with Crippen molar-refractivity contribution in [3.05, 3.63) is 35.2 Å². The van der Waals surface area contributed by atoms with Crippen molar-refractivity contribution in [1.29, 1.82) is 0 Å². The first-order valence-electron chi connectivity index (χ1n) is 6.24. The van der Waals surface area contributed by atoms with E-state index in [-0.39, 0.29) is 11.9 Å². The lowest BCUT2D eigenvalue weighted by Crippen LogP contribution is -2.34. The number of fused-ring (bicyclic) bond motifs is 1. The van der Waals surface area contributed by atoms with Gasteiger partial charge < -0.3 is 11.1 Å². The summed E-state index contributed by atoms with van der Waals surface area (Å²) < 4.78 is 1.20. The van der Waals surface area contributed by atoms with Gasteiger partial charge in [0.1, 0.15) is 6.04 Å². The number of rotatable bonds is 5. The van der Waals surface area contributed by atoms with Crippen LogP contribution in [0.15, 0.2) is 29.6 Å². The Hall–Kier alpha value is -1.39. The highest BCUT2D eigenvalue weighted by Crippen LogP contribution is 2.32. The first-order chi connectivity index (χ1) is 8.75. The topological polar surface area (TPSA) is 55.1 Å². The molecule has 2 aromatic rings. The lowest BCUT2D eigenvalue weighted by molar-refractivity contribution is -0.120. The van der Waals surface area contributed by atoms with Gasteiger partial charge in [0.25, 0.3) is 0 Å². The molecule has 0 spiro atoms. The van der Waals surface area contributed by atoms with E-state index in [0.717, 1.165) is 23.4 Å². The van der Waals surface area contributed by atoms with Gasteiger partial charge in [0.05, 0.1) is 0 Å². The maximum atomic E-state index is 11.6. The minimum atomic E-state index is -0.359. The molecule has 3 nitrogen and oxygen atoms in total. The van der Waals surface area contributed by atoms with Crippen LogP contribution in [0.3, 0.4) is 0 Å². The van der Waals surface area contributed by atoms with Crippen molar-refractivity contribution in [2.24, 2.45) is 11.7 Å². The van der Waals surface area contributed by atoms with E-state index in [1.807, 2.05) is 17.5 Å². The normalized spacial score (nSPS) is 16.9. The van der Waals surface area contributed by atoms with Crippen molar-refractivity contribution in [3.63, 3.8) is 0 Å². The summed E-state index contributed by atoms with van der Waals surface area (Å²) in [6.07, 6.45) is 2.53. The van der Waals surface area contributed by atoms with Crippen molar-refractivity contribution < 1.29 is 4.79 Å². The number of hydrogen-bond acceptors (Lipinski definition) is 3. The van der Waals surface area contributed by atoms with Gasteiger partial charge in [-0.15, -0.1) is 11.3 Å². The fourth-order valence-electron chi connectivity index (χ4n) is 2.19. The van der Waals surface area contributed by atoms with Crippen LogP contribution in [0.1, 0.15) is 24.4 Å². The lowest BCUT2D eigenvalue weighted by Gasteiger charge is -2.14. The van der Waals surface area contributed by atoms with Gasteiger partial charge in [-0.3, -0.25) is 4.79 Å². The second-order valence-electron chi connectivity index (χ2n) is 4.87. The summed E-state index contributed by atoms with van der Waals surface area (Å²) in [6, 6.07) is 7.77. The summed E-state index contributed by atoms with van der Waals surface area (Å²) in [5.74, 6) is 0.441. The highest BCUT2D eigenvalue weighted by Gasteiger charge is 2.26. The van der Waals surface area contributed by atoms with E-state index >= 15 is 0 Å². The van der Waals surface area contributed by atoms with E-state index in [2.05, 4.69) is 17.4 Å². The van der Waals surface area contributed by atoms with Crippen LogP contribution < -0.4 is 11.1 Å². The molecular formula is C14H16N2OS.